The fraction of sp³-hybridized carbons (Fsp3) is 0.615. The number of fused-ring (bicyclic) bond motifs is 6. The zero-order chi connectivity index (χ0) is 38.7. The third-order valence-corrected chi connectivity index (χ3v) is 12.4. The van der Waals surface area contributed by atoms with Crippen LogP contribution in [0.1, 0.15) is 84.7 Å². The number of amides is 1. The van der Waals surface area contributed by atoms with Crippen LogP contribution >= 0.6 is 0 Å². The highest BCUT2D eigenvalue weighted by molar-refractivity contribution is 5.93. The molecule has 14 nitrogen and oxygen atoms in total. The predicted octanol–water partition coefficient (Wildman–Crippen LogP) is 1.67. The van der Waals surface area contributed by atoms with Gasteiger partial charge in [-0.2, -0.15) is 0 Å². The zero-order valence-electron chi connectivity index (χ0n) is 30.6. The molecule has 0 unspecified atom stereocenters. The minimum atomic E-state index is -2.26. The van der Waals surface area contributed by atoms with Crippen LogP contribution in [0.5, 0.6) is 0 Å². The van der Waals surface area contributed by atoms with Gasteiger partial charge < -0.3 is 44.7 Å². The summed E-state index contributed by atoms with van der Waals surface area (Å²) < 4.78 is 24.0. The molecule has 2 aliphatic heterocycles. The molecule has 0 aromatic heterocycles. The normalized spacial score (nSPS) is 41.1. The fourth-order valence-electron chi connectivity index (χ4n) is 9.46. The second kappa shape index (κ2) is 14.0. The highest BCUT2D eigenvalue weighted by Crippen LogP contribution is 2.64. The third kappa shape index (κ3) is 6.21. The fourth-order valence-corrected chi connectivity index (χ4v) is 9.46. The van der Waals surface area contributed by atoms with Crippen LogP contribution in [0.25, 0.3) is 0 Å². The van der Waals surface area contributed by atoms with Crippen molar-refractivity contribution in [2.75, 3.05) is 6.61 Å². The Kier molecular flexibility index (Phi) is 10.3. The second-order valence-electron chi connectivity index (χ2n) is 15.8. The number of nitrogens with one attached hydrogen (secondary N) is 1. The van der Waals surface area contributed by atoms with E-state index in [1.807, 2.05) is 0 Å². The van der Waals surface area contributed by atoms with Crippen molar-refractivity contribution < 1.29 is 63.3 Å². The number of hydrogen-bond acceptors (Lipinski definition) is 13. The Morgan fingerprint density at radius 2 is 1.62 bits per heavy atom. The number of esters is 3. The van der Waals surface area contributed by atoms with Gasteiger partial charge in [-0.25, -0.2) is 4.79 Å². The van der Waals surface area contributed by atoms with Crippen LogP contribution < -0.4 is 5.32 Å². The summed E-state index contributed by atoms with van der Waals surface area (Å²) in [6.07, 6.45) is -6.32. The van der Waals surface area contributed by atoms with Gasteiger partial charge >= 0.3 is 17.9 Å². The molecule has 53 heavy (non-hydrogen) atoms. The summed E-state index contributed by atoms with van der Waals surface area (Å²) >= 11 is 0. The van der Waals surface area contributed by atoms with E-state index < -0.39 is 107 Å². The largest absolute Gasteiger partial charge is 0.459 e. The number of benzene rings is 1. The lowest BCUT2D eigenvalue weighted by Crippen LogP contribution is -2.81. The van der Waals surface area contributed by atoms with E-state index in [-0.39, 0.29) is 49.9 Å². The molecule has 1 saturated heterocycles. The molecule has 14 heteroatoms. The topological polar surface area (TPSA) is 215 Å². The number of allylic oxidation sites excluding steroid dienone is 2. The maximum absolute atomic E-state index is 14.8. The molecule has 3 bridgehead atoms. The molecule has 5 N–H and O–H groups in total. The Morgan fingerprint density at radius 3 is 2.25 bits per heavy atom. The van der Waals surface area contributed by atoms with Gasteiger partial charge in [-0.05, 0) is 43.4 Å². The molecule has 3 fully saturated rings. The summed E-state index contributed by atoms with van der Waals surface area (Å²) in [7, 11) is 0. The zero-order valence-corrected chi connectivity index (χ0v) is 30.6. The minimum absolute atomic E-state index is 0.0139. The van der Waals surface area contributed by atoms with Crippen molar-refractivity contribution >= 4 is 29.6 Å². The molecular formula is C39H49NO13. The molecule has 3 aliphatic carbocycles. The Hall–Kier alpha value is -3.95. The molecule has 2 heterocycles. The van der Waals surface area contributed by atoms with Gasteiger partial charge in [0, 0.05) is 38.0 Å². The van der Waals surface area contributed by atoms with Crippen LogP contribution in [0, 0.1) is 16.7 Å². The average molecular weight is 740 g/mol. The standard InChI is InChI=1S/C39H49NO13/c1-20-23-18-39(49)34(32-37(5,33(47)30(45)28(20)36(39,3)4)24(42)17-25-38(32,19-50-25)53-21(2)41)52-27(44)16-12-7-6-11-15-26(43)40-29(31(46)35(48)51-23)22-13-9-8-10-14-22/h6-10,13-14,23-25,29-32,34,42,45-46,49H,11-12,15-19H2,1-5H3,(H,40,43)/b7-6+/t23-,24-,25+,29-,30+,31+,32-,34-,37+,38-,39+/m0/s1. The van der Waals surface area contributed by atoms with Crippen LogP contribution in [0.15, 0.2) is 53.6 Å². The molecule has 6 rings (SSSR count). The maximum atomic E-state index is 14.8. The van der Waals surface area contributed by atoms with Crippen molar-refractivity contribution in [3.8, 4) is 0 Å². The van der Waals surface area contributed by atoms with Gasteiger partial charge in [0.15, 0.2) is 17.5 Å². The molecule has 5 aliphatic rings. The minimum Gasteiger partial charge on any atom is -0.459 e. The average Bonchev–Trinajstić information content (AvgIpc) is 3.09. The van der Waals surface area contributed by atoms with Gasteiger partial charge in [0.05, 0.1) is 30.1 Å². The predicted molar refractivity (Wildman–Crippen MR) is 184 cm³/mol. The summed E-state index contributed by atoms with van der Waals surface area (Å²) in [6.45, 7) is 7.00. The molecule has 288 valence electrons. The number of aliphatic hydroxyl groups excluding tert-OH is 3. The number of carbonyl (C=O) groups excluding carboxylic acids is 5. The van der Waals surface area contributed by atoms with Crippen molar-refractivity contribution in [3.63, 3.8) is 0 Å². The smallest absolute Gasteiger partial charge is 0.338 e. The quantitative estimate of drug-likeness (QED) is 0.166. The van der Waals surface area contributed by atoms with Crippen LogP contribution in [0.4, 0.5) is 0 Å². The first-order chi connectivity index (χ1) is 24.9. The number of ether oxygens (including phenoxy) is 4. The van der Waals surface area contributed by atoms with E-state index in [9.17, 15) is 44.4 Å². The van der Waals surface area contributed by atoms with E-state index in [4.69, 9.17) is 18.9 Å². The Labute approximate surface area is 307 Å². The lowest BCUT2D eigenvalue weighted by atomic mass is 9.44. The number of Topliss-reactive ketones (excluding diaryl/α,β-unsaturated/α-hetero) is 1. The number of aliphatic hydroxyl groups is 4. The van der Waals surface area contributed by atoms with E-state index in [0.717, 1.165) is 0 Å². The lowest BCUT2D eigenvalue weighted by molar-refractivity contribution is -0.347. The number of carbonyl (C=O) groups is 5. The number of hydrogen-bond donors (Lipinski definition) is 5. The molecule has 2 saturated carbocycles. The summed E-state index contributed by atoms with van der Waals surface area (Å²) in [5.41, 5.74) is -6.84. The molecule has 11 atom stereocenters. The Morgan fingerprint density at radius 1 is 0.962 bits per heavy atom. The molecule has 1 aromatic carbocycles. The van der Waals surface area contributed by atoms with Crippen molar-refractivity contribution in [3.05, 3.63) is 59.2 Å². The van der Waals surface area contributed by atoms with Gasteiger partial charge in [0.2, 0.25) is 5.91 Å². The van der Waals surface area contributed by atoms with Gasteiger partial charge in [-0.15, -0.1) is 0 Å². The lowest BCUT2D eigenvalue weighted by Gasteiger charge is -2.67. The first-order valence-corrected chi connectivity index (χ1v) is 18.1. The molecule has 1 aromatic rings. The van der Waals surface area contributed by atoms with E-state index in [1.54, 1.807) is 56.3 Å². The molecule has 0 radical (unpaired) electrons. The number of ketones is 1. The highest BCUT2D eigenvalue weighted by Gasteiger charge is 2.78. The summed E-state index contributed by atoms with van der Waals surface area (Å²) in [5, 5.41) is 51.3. The molecular weight excluding hydrogens is 690 g/mol. The van der Waals surface area contributed by atoms with Crippen LogP contribution in [-0.2, 0) is 42.9 Å². The van der Waals surface area contributed by atoms with Gasteiger partial charge in [-0.1, -0.05) is 56.3 Å². The number of rotatable bonds is 2. The second-order valence-corrected chi connectivity index (χ2v) is 15.8. The van der Waals surface area contributed by atoms with E-state index in [0.29, 0.717) is 5.56 Å². The summed E-state index contributed by atoms with van der Waals surface area (Å²) in [4.78, 5) is 68.2. The van der Waals surface area contributed by atoms with E-state index >= 15 is 0 Å². The Balaban J connectivity index is 1.55. The molecule has 0 spiro atoms. The SMILES string of the molecule is CC(=O)O[C@@]12CO[C@@H]1C[C@H](O)[C@@]1(C)C(=O)[C@H](O)C3=C(C)[C@@H]4C[C@@](O)([C@@H](OC(=O)CC/C=C/CCC(=O)N[C@@H](c5ccccc5)[C@@H](O)C(=O)O4)[C@H]21)C3(C)C. The van der Waals surface area contributed by atoms with Crippen molar-refractivity contribution in [2.45, 2.75) is 127 Å². The highest BCUT2D eigenvalue weighted by atomic mass is 16.6. The monoisotopic (exact) mass is 739 g/mol. The van der Waals surface area contributed by atoms with Crippen molar-refractivity contribution in [1.29, 1.82) is 0 Å². The van der Waals surface area contributed by atoms with Crippen molar-refractivity contribution in [2.24, 2.45) is 16.7 Å². The Bertz CT molecular complexity index is 1720. The van der Waals surface area contributed by atoms with Gasteiger partial charge in [-0.3, -0.25) is 19.2 Å². The third-order valence-electron chi connectivity index (χ3n) is 12.4. The first kappa shape index (κ1) is 38.8. The summed E-state index contributed by atoms with van der Waals surface area (Å²) in [5.74, 6) is -5.46. The summed E-state index contributed by atoms with van der Waals surface area (Å²) in [6, 6.07) is 7.16. The van der Waals surface area contributed by atoms with Crippen LogP contribution in [-0.4, -0.2) is 104 Å². The van der Waals surface area contributed by atoms with Gasteiger partial charge in [0.1, 0.15) is 30.0 Å². The van der Waals surface area contributed by atoms with Crippen molar-refractivity contribution in [1.82, 2.24) is 5.32 Å². The first-order valence-electron chi connectivity index (χ1n) is 18.1. The molecule has 1 amide bonds. The van der Waals surface area contributed by atoms with E-state index in [1.165, 1.54) is 20.8 Å². The van der Waals surface area contributed by atoms with Gasteiger partial charge in [0.25, 0.3) is 0 Å². The maximum Gasteiger partial charge on any atom is 0.338 e. The van der Waals surface area contributed by atoms with E-state index in [2.05, 4.69) is 5.32 Å². The van der Waals surface area contributed by atoms with Crippen LogP contribution in [0.3, 0.4) is 0 Å². The van der Waals surface area contributed by atoms with Crippen LogP contribution in [0.2, 0.25) is 0 Å².